The van der Waals surface area contributed by atoms with Crippen LogP contribution in [0.5, 0.6) is 0 Å². The smallest absolute Gasteiger partial charge is 0.247 e. The van der Waals surface area contributed by atoms with Gasteiger partial charge in [0.1, 0.15) is 23.8 Å². The molecule has 0 saturated carbocycles. The molecule has 5 rings (SSSR count). The third-order valence-electron chi connectivity index (χ3n) is 9.06. The van der Waals surface area contributed by atoms with E-state index in [1.54, 1.807) is 11.7 Å². The van der Waals surface area contributed by atoms with Gasteiger partial charge in [-0.15, -0.1) is 5.10 Å². The number of rotatable bonds is 9. The van der Waals surface area contributed by atoms with Gasteiger partial charge in [-0.2, -0.15) is 0 Å². The molecule has 2 bridgehead atoms. The van der Waals surface area contributed by atoms with Crippen molar-refractivity contribution in [2.75, 3.05) is 13.7 Å². The first-order valence-electron chi connectivity index (χ1n) is 13.2. The van der Waals surface area contributed by atoms with E-state index in [0.717, 1.165) is 5.52 Å². The molecule has 3 fully saturated rings. The second-order valence-electron chi connectivity index (χ2n) is 10.6. The maximum absolute atomic E-state index is 14.2. The number of nitrogens with one attached hydrogen (secondary N) is 2. The lowest BCUT2D eigenvalue weighted by Gasteiger charge is -2.39. The van der Waals surface area contributed by atoms with Gasteiger partial charge >= 0.3 is 0 Å². The molecule has 0 radical (unpaired) electrons. The number of carbonyl (C=O) groups is 3. The first kappa shape index (κ1) is 25.6. The summed E-state index contributed by atoms with van der Waals surface area (Å²) in [5, 5.41) is 24.3. The van der Waals surface area contributed by atoms with E-state index < -0.39 is 35.1 Å². The van der Waals surface area contributed by atoms with Crippen molar-refractivity contribution < 1.29 is 24.2 Å². The number of fused-ring (bicyclic) bond motifs is 2. The second-order valence-corrected chi connectivity index (χ2v) is 10.6. The maximum Gasteiger partial charge on any atom is 0.247 e. The van der Waals surface area contributed by atoms with Gasteiger partial charge in [0.15, 0.2) is 0 Å². The Morgan fingerprint density at radius 3 is 2.68 bits per heavy atom. The molecule has 11 heteroatoms. The minimum atomic E-state index is -1.14. The molecule has 37 heavy (non-hydrogen) atoms. The maximum atomic E-state index is 14.2. The van der Waals surface area contributed by atoms with Crippen LogP contribution >= 0.6 is 0 Å². The Hall–Kier alpha value is -3.05. The van der Waals surface area contributed by atoms with Crippen molar-refractivity contribution in [2.24, 2.45) is 17.8 Å². The predicted octanol–water partition coefficient (Wildman–Crippen LogP) is 0.813. The average molecular weight is 513 g/mol. The Labute approximate surface area is 215 Å². The molecule has 3 amide bonds. The lowest BCUT2D eigenvalue weighted by Crippen LogP contribution is -2.59. The summed E-state index contributed by atoms with van der Waals surface area (Å²) in [5.74, 6) is -2.48. The number of likely N-dealkylation sites (tertiary alicyclic amines) is 1. The van der Waals surface area contributed by atoms with Gasteiger partial charge in [-0.05, 0) is 37.3 Å². The van der Waals surface area contributed by atoms with Crippen molar-refractivity contribution in [2.45, 2.75) is 76.4 Å². The van der Waals surface area contributed by atoms with Crippen LogP contribution < -0.4 is 10.6 Å². The SMILES string of the molecule is CC[C@H](C)[C@H](CO)N1C(=O)[C@@H]2[C@H](C(=O)NC)[C@]3(CC)CCC2(O3)C1C(=O)NCn1nnc2ccccc21. The molecular formula is C26H36N6O5. The molecule has 3 saturated heterocycles. The van der Waals surface area contributed by atoms with E-state index in [-0.39, 0.29) is 36.9 Å². The first-order valence-corrected chi connectivity index (χ1v) is 13.2. The van der Waals surface area contributed by atoms with Crippen LogP contribution in [0, 0.1) is 17.8 Å². The Bertz CT molecular complexity index is 1220. The summed E-state index contributed by atoms with van der Waals surface area (Å²) in [6.07, 6.45) is 2.35. The van der Waals surface area contributed by atoms with E-state index in [4.69, 9.17) is 4.74 Å². The third kappa shape index (κ3) is 3.58. The van der Waals surface area contributed by atoms with Crippen LogP contribution in [0.4, 0.5) is 0 Å². The summed E-state index contributed by atoms with van der Waals surface area (Å²) in [5.41, 5.74) is -0.451. The van der Waals surface area contributed by atoms with Crippen molar-refractivity contribution in [1.82, 2.24) is 30.5 Å². The number of aliphatic hydroxyl groups is 1. The lowest BCUT2D eigenvalue weighted by molar-refractivity contribution is -0.152. The van der Waals surface area contributed by atoms with E-state index >= 15 is 0 Å². The standard InChI is InChI=1S/C26H36N6O5/c1-5-15(3)18(13-33)32-21(23(35)28-14-31-17-10-8-7-9-16(17)29-30-31)26-12-11-25(6-2,37-26)19(22(34)27-4)20(26)24(32)36/h7-10,15,18-21,33H,5-6,11-14H2,1-4H3,(H,27,34)(H,28,35)/t15-,18-,19+,20-,21?,25-,26?/m0/s1. The number of hydrogen-bond acceptors (Lipinski definition) is 7. The fraction of sp³-hybridized carbons (Fsp3) is 0.654. The lowest BCUT2D eigenvalue weighted by atomic mass is 9.65. The Kier molecular flexibility index (Phi) is 6.47. The molecule has 2 aromatic rings. The molecule has 7 atom stereocenters. The van der Waals surface area contributed by atoms with Crippen LogP contribution in [0.2, 0.25) is 0 Å². The Morgan fingerprint density at radius 1 is 1.24 bits per heavy atom. The van der Waals surface area contributed by atoms with Crippen molar-refractivity contribution >= 4 is 28.8 Å². The first-order chi connectivity index (χ1) is 17.8. The molecule has 3 N–H and O–H groups in total. The van der Waals surface area contributed by atoms with Gasteiger partial charge in [0, 0.05) is 7.05 Å². The summed E-state index contributed by atoms with van der Waals surface area (Å²) in [6, 6.07) is 5.89. The summed E-state index contributed by atoms with van der Waals surface area (Å²) >= 11 is 0. The van der Waals surface area contributed by atoms with Crippen LogP contribution in [-0.4, -0.2) is 79.7 Å². The van der Waals surface area contributed by atoms with Gasteiger partial charge < -0.3 is 25.4 Å². The van der Waals surface area contributed by atoms with E-state index in [2.05, 4.69) is 20.9 Å². The monoisotopic (exact) mass is 512 g/mol. The molecule has 1 spiro atoms. The third-order valence-corrected chi connectivity index (χ3v) is 9.06. The second kappa shape index (κ2) is 9.36. The van der Waals surface area contributed by atoms with Gasteiger partial charge in [-0.25, -0.2) is 4.68 Å². The van der Waals surface area contributed by atoms with Gasteiger partial charge in [0.2, 0.25) is 17.7 Å². The number of amides is 3. The summed E-state index contributed by atoms with van der Waals surface area (Å²) in [4.78, 5) is 42.8. The topological polar surface area (TPSA) is 139 Å². The summed E-state index contributed by atoms with van der Waals surface area (Å²) in [7, 11) is 1.56. The zero-order valence-corrected chi connectivity index (χ0v) is 21.8. The van der Waals surface area contributed by atoms with Crippen molar-refractivity contribution in [1.29, 1.82) is 0 Å². The van der Waals surface area contributed by atoms with Crippen molar-refractivity contribution in [3.63, 3.8) is 0 Å². The highest BCUT2D eigenvalue weighted by Crippen LogP contribution is 2.64. The minimum Gasteiger partial charge on any atom is -0.394 e. The zero-order valence-electron chi connectivity index (χ0n) is 21.8. The molecule has 3 aliphatic heterocycles. The fourth-order valence-corrected chi connectivity index (χ4v) is 6.96. The number of ether oxygens (including phenoxy) is 1. The van der Waals surface area contributed by atoms with Crippen LogP contribution in [-0.2, 0) is 25.8 Å². The van der Waals surface area contributed by atoms with Gasteiger partial charge in [-0.3, -0.25) is 14.4 Å². The summed E-state index contributed by atoms with van der Waals surface area (Å²) < 4.78 is 8.30. The molecule has 4 heterocycles. The van der Waals surface area contributed by atoms with Crippen LogP contribution in [0.1, 0.15) is 46.5 Å². The number of benzene rings is 1. The van der Waals surface area contributed by atoms with Gasteiger partial charge in [0.25, 0.3) is 0 Å². The Balaban J connectivity index is 1.54. The van der Waals surface area contributed by atoms with E-state index in [1.165, 1.54) is 4.90 Å². The largest absolute Gasteiger partial charge is 0.394 e. The molecule has 1 aromatic carbocycles. The normalized spacial score (nSPS) is 32.0. The summed E-state index contributed by atoms with van der Waals surface area (Å²) in [6.45, 7) is 5.67. The molecule has 11 nitrogen and oxygen atoms in total. The number of aromatic nitrogens is 3. The molecule has 0 aliphatic carbocycles. The highest BCUT2D eigenvalue weighted by atomic mass is 16.5. The van der Waals surface area contributed by atoms with E-state index in [0.29, 0.717) is 31.2 Å². The van der Waals surface area contributed by atoms with E-state index in [1.807, 2.05) is 45.0 Å². The molecule has 2 unspecified atom stereocenters. The van der Waals surface area contributed by atoms with Gasteiger partial charge in [0.05, 0.1) is 35.6 Å². The number of para-hydroxylation sites is 1. The highest BCUT2D eigenvalue weighted by molar-refractivity contribution is 5.99. The highest BCUT2D eigenvalue weighted by Gasteiger charge is 2.79. The number of carbonyl (C=O) groups excluding carboxylic acids is 3. The Morgan fingerprint density at radius 2 is 2.00 bits per heavy atom. The van der Waals surface area contributed by atoms with Crippen LogP contribution in [0.25, 0.3) is 11.0 Å². The minimum absolute atomic E-state index is 0.0591. The van der Waals surface area contributed by atoms with Crippen molar-refractivity contribution in [3.05, 3.63) is 24.3 Å². The number of nitrogens with zero attached hydrogens (tertiary/aromatic N) is 4. The van der Waals surface area contributed by atoms with Crippen molar-refractivity contribution in [3.8, 4) is 0 Å². The zero-order chi connectivity index (χ0) is 26.5. The molecule has 200 valence electrons. The van der Waals surface area contributed by atoms with Crippen LogP contribution in [0.15, 0.2) is 24.3 Å². The molecule has 1 aromatic heterocycles. The van der Waals surface area contributed by atoms with E-state index in [9.17, 15) is 19.5 Å². The number of aliphatic hydroxyl groups excluding tert-OH is 1. The quantitative estimate of drug-likeness (QED) is 0.452. The van der Waals surface area contributed by atoms with Crippen LogP contribution in [0.3, 0.4) is 0 Å². The predicted molar refractivity (Wildman–Crippen MR) is 134 cm³/mol. The average Bonchev–Trinajstić information content (AvgIpc) is 3.64. The molecular weight excluding hydrogens is 476 g/mol. The number of hydrogen-bond donors (Lipinski definition) is 3. The van der Waals surface area contributed by atoms with Gasteiger partial charge in [-0.1, -0.05) is 44.5 Å². The molecule has 3 aliphatic rings. The fourth-order valence-electron chi connectivity index (χ4n) is 6.96.